The fourth-order valence-electron chi connectivity index (χ4n) is 1.18. The van der Waals surface area contributed by atoms with E-state index >= 15 is 0 Å². The Kier molecular flexibility index (Phi) is 11.1. The molecule has 0 radical (unpaired) electrons. The summed E-state index contributed by atoms with van der Waals surface area (Å²) in [6.45, 7) is 5.40. The van der Waals surface area contributed by atoms with Crippen LogP contribution in [-0.2, 0) is 18.9 Å². The van der Waals surface area contributed by atoms with Crippen LogP contribution in [0.2, 0.25) is 0 Å². The summed E-state index contributed by atoms with van der Waals surface area (Å²) < 4.78 is 69.9. The zero-order valence-corrected chi connectivity index (χ0v) is 12.5. The highest BCUT2D eigenvalue weighted by Gasteiger charge is 2.37. The highest BCUT2D eigenvalue weighted by atomic mass is 19.3. The first-order valence-corrected chi connectivity index (χ1v) is 6.66. The lowest BCUT2D eigenvalue weighted by molar-refractivity contribution is -0.502. The third kappa shape index (κ3) is 9.88. The van der Waals surface area contributed by atoms with Crippen molar-refractivity contribution in [2.75, 3.05) is 33.1 Å². The van der Waals surface area contributed by atoms with E-state index in [1.807, 2.05) is 0 Å². The van der Waals surface area contributed by atoms with Crippen LogP contribution in [0.4, 0.5) is 17.6 Å². The third-order valence-electron chi connectivity index (χ3n) is 2.22. The lowest BCUT2D eigenvalue weighted by Crippen LogP contribution is -2.45. The van der Waals surface area contributed by atoms with Crippen LogP contribution in [0.15, 0.2) is 24.8 Å². The molecule has 0 saturated carbocycles. The molecule has 0 aliphatic heterocycles. The Labute approximate surface area is 127 Å². The number of rotatable bonds is 14. The van der Waals surface area contributed by atoms with E-state index in [2.05, 4.69) is 13.2 Å². The van der Waals surface area contributed by atoms with E-state index in [0.29, 0.717) is 6.42 Å². The fourth-order valence-corrected chi connectivity index (χ4v) is 1.18. The quantitative estimate of drug-likeness (QED) is 0.278. The lowest BCUT2D eigenvalue weighted by atomic mass is 10.3. The minimum atomic E-state index is -2.83. The SMILES string of the molecule is C=CC(F)COC(OCCF)(OCCC(=C)C)OCC(F)F. The van der Waals surface area contributed by atoms with Gasteiger partial charge in [0.15, 0.2) is 0 Å². The minimum absolute atomic E-state index is 0.0457. The topological polar surface area (TPSA) is 36.9 Å². The minimum Gasteiger partial charge on any atom is -0.303 e. The van der Waals surface area contributed by atoms with Crippen molar-refractivity contribution in [2.24, 2.45) is 0 Å². The molecule has 0 N–H and O–H groups in total. The van der Waals surface area contributed by atoms with E-state index in [9.17, 15) is 17.6 Å². The molecule has 0 aromatic rings. The molecule has 0 aliphatic rings. The number of hydrogen-bond acceptors (Lipinski definition) is 4. The molecule has 8 heteroatoms. The van der Waals surface area contributed by atoms with Crippen LogP contribution in [-0.4, -0.2) is 51.9 Å². The van der Waals surface area contributed by atoms with Crippen LogP contribution in [0.5, 0.6) is 0 Å². The number of alkyl halides is 4. The van der Waals surface area contributed by atoms with Crippen LogP contribution in [0.3, 0.4) is 0 Å². The second-order valence-corrected chi connectivity index (χ2v) is 4.36. The highest BCUT2D eigenvalue weighted by Crippen LogP contribution is 2.21. The summed E-state index contributed by atoms with van der Waals surface area (Å²) >= 11 is 0. The van der Waals surface area contributed by atoms with Gasteiger partial charge in [-0.1, -0.05) is 11.6 Å². The van der Waals surface area contributed by atoms with Crippen molar-refractivity contribution in [1.29, 1.82) is 0 Å². The van der Waals surface area contributed by atoms with Crippen molar-refractivity contribution in [3.05, 3.63) is 24.8 Å². The summed E-state index contributed by atoms with van der Waals surface area (Å²) in [5.41, 5.74) is 0.753. The van der Waals surface area contributed by atoms with Gasteiger partial charge < -0.3 is 9.47 Å². The van der Waals surface area contributed by atoms with Gasteiger partial charge in [-0.05, 0) is 13.3 Å². The van der Waals surface area contributed by atoms with Gasteiger partial charge in [-0.2, -0.15) is 0 Å². The van der Waals surface area contributed by atoms with Gasteiger partial charge in [0, 0.05) is 0 Å². The predicted octanol–water partition coefficient (Wildman–Crippen LogP) is 3.39. The molecule has 130 valence electrons. The molecule has 2 atom stereocenters. The van der Waals surface area contributed by atoms with Gasteiger partial charge in [0.05, 0.1) is 19.8 Å². The van der Waals surface area contributed by atoms with Crippen LogP contribution >= 0.6 is 0 Å². The van der Waals surface area contributed by atoms with Gasteiger partial charge in [-0.25, -0.2) is 17.6 Å². The second-order valence-electron chi connectivity index (χ2n) is 4.36. The maximum absolute atomic E-state index is 13.2. The van der Waals surface area contributed by atoms with Gasteiger partial charge in [-0.3, -0.25) is 9.47 Å². The summed E-state index contributed by atoms with van der Waals surface area (Å²) in [4.78, 5) is 0. The smallest absolute Gasteiger partial charge is 0.303 e. The summed E-state index contributed by atoms with van der Waals surface area (Å²) in [6.07, 6.45) is -5.51. The van der Waals surface area contributed by atoms with Crippen molar-refractivity contribution in [3.8, 4) is 0 Å². The highest BCUT2D eigenvalue weighted by molar-refractivity contribution is 4.87. The van der Waals surface area contributed by atoms with E-state index in [1.165, 1.54) is 0 Å². The van der Waals surface area contributed by atoms with Crippen molar-refractivity contribution < 1.29 is 36.5 Å². The standard InChI is InChI=1S/C14H22F4O4/c1-4-12(16)9-21-14(20-8-6-15,22-10-13(17)18)19-7-5-11(2)3/h4,12-13H,1-2,5-10H2,3H3. The van der Waals surface area contributed by atoms with Crippen LogP contribution in [0.1, 0.15) is 13.3 Å². The average molecular weight is 330 g/mol. The monoisotopic (exact) mass is 330 g/mol. The molecule has 22 heavy (non-hydrogen) atoms. The Balaban J connectivity index is 4.84. The van der Waals surface area contributed by atoms with Gasteiger partial charge in [-0.15, -0.1) is 13.2 Å². The average Bonchev–Trinajstić information content (AvgIpc) is 2.47. The summed E-state index contributed by atoms with van der Waals surface area (Å²) in [6, 6.07) is 0. The summed E-state index contributed by atoms with van der Waals surface area (Å²) in [5, 5.41) is 0. The van der Waals surface area contributed by atoms with Crippen molar-refractivity contribution in [1.82, 2.24) is 0 Å². The van der Waals surface area contributed by atoms with Crippen LogP contribution in [0.25, 0.3) is 0 Å². The zero-order chi connectivity index (χ0) is 17.0. The van der Waals surface area contributed by atoms with Crippen LogP contribution in [0, 0.1) is 0 Å². The molecule has 0 fully saturated rings. The first kappa shape index (κ1) is 21.0. The number of ether oxygens (including phenoxy) is 4. The molecule has 0 saturated heterocycles. The second kappa shape index (κ2) is 11.6. The Morgan fingerprint density at radius 2 is 1.68 bits per heavy atom. The normalized spacial score (nSPS) is 15.5. The largest absolute Gasteiger partial charge is 0.413 e. The Morgan fingerprint density at radius 3 is 2.18 bits per heavy atom. The molecule has 0 bridgehead atoms. The molecule has 2 unspecified atom stereocenters. The Morgan fingerprint density at radius 1 is 1.09 bits per heavy atom. The van der Waals surface area contributed by atoms with Crippen molar-refractivity contribution in [2.45, 2.75) is 32.1 Å². The molecule has 0 amide bonds. The zero-order valence-electron chi connectivity index (χ0n) is 12.5. The van der Waals surface area contributed by atoms with Crippen molar-refractivity contribution in [3.63, 3.8) is 0 Å². The fraction of sp³-hybridized carbons (Fsp3) is 0.714. The molecule has 4 nitrogen and oxygen atoms in total. The molecule has 0 aromatic heterocycles. The third-order valence-corrected chi connectivity index (χ3v) is 2.22. The molecule has 0 aliphatic carbocycles. The Hall–Kier alpha value is -0.960. The van der Waals surface area contributed by atoms with Crippen molar-refractivity contribution >= 4 is 0 Å². The summed E-state index contributed by atoms with van der Waals surface area (Å²) in [5.74, 6) is 0. The van der Waals surface area contributed by atoms with E-state index in [0.717, 1.165) is 11.6 Å². The van der Waals surface area contributed by atoms with Gasteiger partial charge in [0.25, 0.3) is 6.43 Å². The first-order valence-electron chi connectivity index (χ1n) is 6.66. The maximum Gasteiger partial charge on any atom is 0.413 e. The molecule has 0 aromatic carbocycles. The van der Waals surface area contributed by atoms with Gasteiger partial charge >= 0.3 is 6.16 Å². The van der Waals surface area contributed by atoms with Gasteiger partial charge in [0.1, 0.15) is 19.5 Å². The predicted molar refractivity (Wildman–Crippen MR) is 73.0 cm³/mol. The number of hydrogen-bond donors (Lipinski definition) is 0. The van der Waals surface area contributed by atoms with E-state index in [4.69, 9.17) is 18.9 Å². The molecule has 0 rings (SSSR count). The van der Waals surface area contributed by atoms with Crippen LogP contribution < -0.4 is 0 Å². The molecule has 0 spiro atoms. The Bertz CT molecular complexity index is 328. The van der Waals surface area contributed by atoms with E-state index < -0.39 is 45.3 Å². The first-order chi connectivity index (χ1) is 10.3. The number of halogens is 4. The molecular formula is C14H22F4O4. The maximum atomic E-state index is 13.2. The molecular weight excluding hydrogens is 308 g/mol. The van der Waals surface area contributed by atoms with E-state index in [1.54, 1.807) is 6.92 Å². The van der Waals surface area contributed by atoms with Gasteiger partial charge in [0.2, 0.25) is 0 Å². The lowest BCUT2D eigenvalue weighted by Gasteiger charge is -2.32. The summed E-state index contributed by atoms with van der Waals surface area (Å²) in [7, 11) is 0. The van der Waals surface area contributed by atoms with E-state index in [-0.39, 0.29) is 6.61 Å². The molecule has 0 heterocycles.